The van der Waals surface area contributed by atoms with E-state index in [0.717, 1.165) is 0 Å². The monoisotopic (exact) mass is 350 g/mol. The normalized spacial score (nSPS) is 11.0. The Hall–Kier alpha value is -2.01. The highest BCUT2D eigenvalue weighted by Gasteiger charge is 2.19. The van der Waals surface area contributed by atoms with Crippen molar-refractivity contribution < 1.29 is 8.78 Å². The van der Waals surface area contributed by atoms with Gasteiger partial charge in [-0.05, 0) is 30.2 Å². The topological polar surface area (TPSA) is 38.4 Å². The van der Waals surface area contributed by atoms with E-state index in [1.807, 2.05) is 0 Å². The maximum Gasteiger partial charge on any atom is 0.140 e. The highest BCUT2D eigenvalue weighted by molar-refractivity contribution is 9.10. The van der Waals surface area contributed by atoms with Gasteiger partial charge in [0.05, 0.1) is 6.21 Å². The van der Waals surface area contributed by atoms with Crippen LogP contribution in [0.3, 0.4) is 0 Å². The minimum atomic E-state index is -0.588. The second-order valence-corrected chi connectivity index (χ2v) is 5.32. The van der Waals surface area contributed by atoms with Gasteiger partial charge < -0.3 is 5.84 Å². The third-order valence-electron chi connectivity index (χ3n) is 3.19. The summed E-state index contributed by atoms with van der Waals surface area (Å²) in [6.45, 7) is 5.37. The van der Waals surface area contributed by atoms with Crippen molar-refractivity contribution >= 4 is 28.2 Å². The summed E-state index contributed by atoms with van der Waals surface area (Å²) in [5.41, 5.74) is 1.69. The average molecular weight is 351 g/mol. The fourth-order valence-corrected chi connectivity index (χ4v) is 2.83. The summed E-state index contributed by atoms with van der Waals surface area (Å²) >= 11 is 3.35. The van der Waals surface area contributed by atoms with E-state index < -0.39 is 11.6 Å². The number of aryl methyl sites for hydroxylation is 1. The fourth-order valence-electron chi connectivity index (χ4n) is 2.22. The lowest BCUT2D eigenvalue weighted by Crippen LogP contribution is -2.01. The Morgan fingerprint density at radius 3 is 2.57 bits per heavy atom. The molecular weight excluding hydrogens is 338 g/mol. The molecule has 2 nitrogen and oxygen atoms in total. The maximum absolute atomic E-state index is 14.8. The summed E-state index contributed by atoms with van der Waals surface area (Å²) < 4.78 is 29.4. The first kappa shape index (κ1) is 15.4. The number of nitrogens with zero attached hydrogens (tertiary/aromatic N) is 1. The number of hydrazone groups is 1. The van der Waals surface area contributed by atoms with Gasteiger partial charge in [0.2, 0.25) is 0 Å². The predicted octanol–water partition coefficient (Wildman–Crippen LogP) is 4.64. The number of rotatable bonds is 3. The summed E-state index contributed by atoms with van der Waals surface area (Å²) in [4.78, 5) is 0. The van der Waals surface area contributed by atoms with E-state index in [1.165, 1.54) is 24.4 Å². The quantitative estimate of drug-likeness (QED) is 0.488. The molecule has 21 heavy (non-hydrogen) atoms. The molecule has 0 fully saturated rings. The zero-order chi connectivity index (χ0) is 15.6. The second kappa shape index (κ2) is 6.18. The van der Waals surface area contributed by atoms with Crippen molar-refractivity contribution in [2.24, 2.45) is 10.9 Å². The van der Waals surface area contributed by atoms with E-state index in [1.54, 1.807) is 19.1 Å². The molecule has 0 aliphatic heterocycles. The average Bonchev–Trinajstić information content (AvgIpc) is 2.44. The van der Waals surface area contributed by atoms with Gasteiger partial charge in [-0.25, -0.2) is 8.78 Å². The molecule has 0 heterocycles. The van der Waals surface area contributed by atoms with E-state index in [4.69, 9.17) is 5.84 Å². The zero-order valence-corrected chi connectivity index (χ0v) is 12.9. The first-order chi connectivity index (χ1) is 10.0. The molecule has 2 rings (SSSR count). The fraction of sp³-hybridized carbons (Fsp3) is 0.0625. The minimum Gasteiger partial charge on any atom is -0.323 e. The lowest BCUT2D eigenvalue weighted by molar-refractivity contribution is 0.614. The van der Waals surface area contributed by atoms with Crippen LogP contribution in [-0.4, -0.2) is 6.21 Å². The molecule has 0 saturated heterocycles. The Kier molecular flexibility index (Phi) is 4.53. The first-order valence-corrected chi connectivity index (χ1v) is 6.93. The lowest BCUT2D eigenvalue weighted by Gasteiger charge is -2.13. The molecule has 108 valence electrons. The predicted molar refractivity (Wildman–Crippen MR) is 86.1 cm³/mol. The van der Waals surface area contributed by atoms with Gasteiger partial charge in [0.25, 0.3) is 0 Å². The molecule has 2 aromatic carbocycles. The molecule has 2 aromatic rings. The van der Waals surface area contributed by atoms with Gasteiger partial charge in [0.1, 0.15) is 11.6 Å². The van der Waals surface area contributed by atoms with Gasteiger partial charge in [-0.15, -0.1) is 0 Å². The van der Waals surface area contributed by atoms with Crippen LogP contribution in [0, 0.1) is 18.6 Å². The Balaban J connectivity index is 2.86. The largest absolute Gasteiger partial charge is 0.323 e. The number of halogens is 3. The van der Waals surface area contributed by atoms with Crippen molar-refractivity contribution in [1.29, 1.82) is 0 Å². The maximum atomic E-state index is 14.8. The summed E-state index contributed by atoms with van der Waals surface area (Å²) in [5, 5.41) is 3.37. The van der Waals surface area contributed by atoms with Gasteiger partial charge in [-0.3, -0.25) is 0 Å². The van der Waals surface area contributed by atoms with Crippen LogP contribution in [0.4, 0.5) is 8.78 Å². The number of hydrogen-bond acceptors (Lipinski definition) is 2. The lowest BCUT2D eigenvalue weighted by atomic mass is 9.95. The van der Waals surface area contributed by atoms with Gasteiger partial charge >= 0.3 is 0 Å². The Morgan fingerprint density at radius 2 is 2.00 bits per heavy atom. The van der Waals surface area contributed by atoms with Crippen LogP contribution in [0.2, 0.25) is 0 Å². The molecule has 0 unspecified atom stereocenters. The molecule has 0 atom stereocenters. The molecule has 0 aliphatic carbocycles. The standard InChI is InChI=1S/C16H13BrF2N2/c1-3-10-12(8-21-20)16(19)11(7-13(10)17)15-9(2)5-4-6-14(15)18/h3-8H,1,20H2,2H3/b21-8-. The van der Waals surface area contributed by atoms with Crippen molar-refractivity contribution in [2.45, 2.75) is 6.92 Å². The third-order valence-corrected chi connectivity index (χ3v) is 3.85. The number of hydrogen-bond donors (Lipinski definition) is 1. The first-order valence-electron chi connectivity index (χ1n) is 6.14. The van der Waals surface area contributed by atoms with E-state index in [9.17, 15) is 8.78 Å². The van der Waals surface area contributed by atoms with Gasteiger partial charge in [0, 0.05) is 21.2 Å². The zero-order valence-electron chi connectivity index (χ0n) is 11.3. The van der Waals surface area contributed by atoms with Crippen LogP contribution >= 0.6 is 15.9 Å². The van der Waals surface area contributed by atoms with Gasteiger partial charge in [-0.2, -0.15) is 5.10 Å². The van der Waals surface area contributed by atoms with Crippen LogP contribution in [0.15, 0.2) is 40.4 Å². The third kappa shape index (κ3) is 2.74. The molecule has 0 radical (unpaired) electrons. The minimum absolute atomic E-state index is 0.151. The SMILES string of the molecule is C=Cc1c(Br)cc(-c2c(C)cccc2F)c(F)c1/C=N\N. The summed E-state index contributed by atoms with van der Waals surface area (Å²) in [6.07, 6.45) is 2.68. The molecule has 2 N–H and O–H groups in total. The van der Waals surface area contributed by atoms with Crippen LogP contribution < -0.4 is 5.84 Å². The van der Waals surface area contributed by atoms with Crippen molar-refractivity contribution in [3.63, 3.8) is 0 Å². The van der Waals surface area contributed by atoms with Crippen LogP contribution in [0.1, 0.15) is 16.7 Å². The molecule has 0 bridgehead atoms. The molecule has 0 spiro atoms. The molecule has 0 aromatic heterocycles. The summed E-state index contributed by atoms with van der Waals surface area (Å²) in [7, 11) is 0. The highest BCUT2D eigenvalue weighted by atomic mass is 79.9. The number of nitrogens with two attached hydrogens (primary N) is 1. The van der Waals surface area contributed by atoms with E-state index in [0.29, 0.717) is 15.6 Å². The molecular formula is C16H13BrF2N2. The summed E-state index contributed by atoms with van der Waals surface area (Å²) in [5.74, 6) is 4.06. The number of benzene rings is 2. The van der Waals surface area contributed by atoms with Crippen molar-refractivity contribution in [3.05, 3.63) is 63.6 Å². The smallest absolute Gasteiger partial charge is 0.140 e. The molecule has 0 saturated carbocycles. The van der Waals surface area contributed by atoms with Gasteiger partial charge in [0.15, 0.2) is 0 Å². The van der Waals surface area contributed by atoms with E-state index >= 15 is 0 Å². The van der Waals surface area contributed by atoms with Crippen molar-refractivity contribution in [3.8, 4) is 11.1 Å². The molecule has 5 heteroatoms. The highest BCUT2D eigenvalue weighted by Crippen LogP contribution is 2.35. The Labute approximate surface area is 130 Å². The van der Waals surface area contributed by atoms with Crippen molar-refractivity contribution in [1.82, 2.24) is 0 Å². The second-order valence-electron chi connectivity index (χ2n) is 4.46. The van der Waals surface area contributed by atoms with E-state index in [2.05, 4.69) is 27.6 Å². The van der Waals surface area contributed by atoms with Gasteiger partial charge in [-0.1, -0.05) is 40.7 Å². The van der Waals surface area contributed by atoms with E-state index in [-0.39, 0.29) is 16.7 Å². The van der Waals surface area contributed by atoms with Crippen LogP contribution in [0.5, 0.6) is 0 Å². The Morgan fingerprint density at radius 1 is 1.29 bits per heavy atom. The van der Waals surface area contributed by atoms with Crippen LogP contribution in [-0.2, 0) is 0 Å². The molecule has 0 amide bonds. The molecule has 0 aliphatic rings. The van der Waals surface area contributed by atoms with Crippen molar-refractivity contribution in [2.75, 3.05) is 0 Å². The van der Waals surface area contributed by atoms with Crippen LogP contribution in [0.25, 0.3) is 17.2 Å². The summed E-state index contributed by atoms with van der Waals surface area (Å²) in [6, 6.07) is 6.14. The Bertz CT molecular complexity index is 719.